The van der Waals surface area contributed by atoms with E-state index in [-0.39, 0.29) is 6.42 Å². The lowest BCUT2D eigenvalue weighted by Gasteiger charge is -2.34. The second-order valence-corrected chi connectivity index (χ2v) is 8.41. The Hall–Kier alpha value is -3.60. The molecule has 0 radical (unpaired) electrons. The molecule has 1 heterocycles. The smallest absolute Gasteiger partial charge is 0.303 e. The number of nitrogens with zero attached hydrogens (tertiary/aromatic N) is 2. The van der Waals surface area contributed by atoms with E-state index in [1.807, 2.05) is 42.5 Å². The summed E-state index contributed by atoms with van der Waals surface area (Å²) in [5, 5.41) is 13.4. The zero-order chi connectivity index (χ0) is 22.9. The predicted molar refractivity (Wildman–Crippen MR) is 132 cm³/mol. The first kappa shape index (κ1) is 22.6. The highest BCUT2D eigenvalue weighted by Crippen LogP contribution is 2.30. The number of piperidine rings is 1. The molecule has 0 aromatic heterocycles. The molecule has 4 rings (SSSR count). The summed E-state index contributed by atoms with van der Waals surface area (Å²) in [6, 6.07) is 28.8. The number of carboxylic acid groups (broad SMARTS) is 1. The maximum atomic E-state index is 11.1. The van der Waals surface area contributed by atoms with E-state index >= 15 is 0 Å². The molecule has 0 aliphatic carbocycles. The molecule has 0 unspecified atom stereocenters. The van der Waals surface area contributed by atoms with E-state index < -0.39 is 5.97 Å². The lowest BCUT2D eigenvalue weighted by Crippen LogP contribution is -2.32. The number of carbonyl (C=O) groups is 1. The Balaban J connectivity index is 1.39. The van der Waals surface area contributed by atoms with Crippen LogP contribution in [0.3, 0.4) is 0 Å². The largest absolute Gasteiger partial charge is 0.481 e. The molecule has 33 heavy (non-hydrogen) atoms. The van der Waals surface area contributed by atoms with Gasteiger partial charge in [-0.05, 0) is 47.6 Å². The molecule has 5 nitrogen and oxygen atoms in total. The van der Waals surface area contributed by atoms with E-state index in [0.717, 1.165) is 37.1 Å². The first-order chi connectivity index (χ1) is 16.2. The van der Waals surface area contributed by atoms with Crippen LogP contribution in [0, 0.1) is 0 Å². The Kier molecular flexibility index (Phi) is 7.75. The van der Waals surface area contributed by atoms with Gasteiger partial charge in [0.25, 0.3) is 0 Å². The van der Waals surface area contributed by atoms with Crippen molar-refractivity contribution in [2.45, 2.75) is 38.2 Å². The number of aliphatic carboxylic acids is 1. The number of carboxylic acids is 1. The van der Waals surface area contributed by atoms with Gasteiger partial charge >= 0.3 is 5.97 Å². The SMILES string of the molecule is O=C(O)CC/C(=N\OCc1ccccc1)c1ccc(N2CCC(c3ccccc3)CC2)cc1. The van der Waals surface area contributed by atoms with Crippen LogP contribution in [0.2, 0.25) is 0 Å². The van der Waals surface area contributed by atoms with Crippen molar-refractivity contribution in [1.29, 1.82) is 0 Å². The van der Waals surface area contributed by atoms with Crippen LogP contribution in [-0.2, 0) is 16.2 Å². The van der Waals surface area contributed by atoms with Crippen molar-refractivity contribution in [2.24, 2.45) is 5.16 Å². The van der Waals surface area contributed by atoms with Gasteiger partial charge in [0.15, 0.2) is 0 Å². The lowest BCUT2D eigenvalue weighted by atomic mass is 9.89. The minimum atomic E-state index is -0.844. The molecule has 1 aliphatic heterocycles. The maximum Gasteiger partial charge on any atom is 0.303 e. The van der Waals surface area contributed by atoms with Crippen LogP contribution in [0.15, 0.2) is 90.1 Å². The van der Waals surface area contributed by atoms with E-state index in [0.29, 0.717) is 24.7 Å². The Bertz CT molecular complexity index is 1040. The quantitative estimate of drug-likeness (QED) is 0.333. The number of rotatable bonds is 9. The minimum Gasteiger partial charge on any atom is -0.481 e. The number of oxime groups is 1. The summed E-state index contributed by atoms with van der Waals surface area (Å²) in [7, 11) is 0. The summed E-state index contributed by atoms with van der Waals surface area (Å²) >= 11 is 0. The molecule has 3 aromatic carbocycles. The molecule has 0 amide bonds. The first-order valence-electron chi connectivity index (χ1n) is 11.5. The van der Waals surface area contributed by atoms with Gasteiger partial charge in [-0.15, -0.1) is 0 Å². The van der Waals surface area contributed by atoms with Crippen LogP contribution in [-0.4, -0.2) is 29.9 Å². The summed E-state index contributed by atoms with van der Waals surface area (Å²) in [5.74, 6) is -0.220. The van der Waals surface area contributed by atoms with Gasteiger partial charge in [0, 0.05) is 25.2 Å². The van der Waals surface area contributed by atoms with Crippen molar-refractivity contribution in [3.63, 3.8) is 0 Å². The topological polar surface area (TPSA) is 62.1 Å². The summed E-state index contributed by atoms with van der Waals surface area (Å²) < 4.78 is 0. The van der Waals surface area contributed by atoms with Gasteiger partial charge in [0.05, 0.1) is 12.1 Å². The van der Waals surface area contributed by atoms with Gasteiger partial charge in [-0.2, -0.15) is 0 Å². The van der Waals surface area contributed by atoms with E-state index in [9.17, 15) is 4.79 Å². The molecule has 0 saturated carbocycles. The molecule has 0 atom stereocenters. The molecule has 0 spiro atoms. The van der Waals surface area contributed by atoms with Crippen molar-refractivity contribution in [2.75, 3.05) is 18.0 Å². The molecular weight excluding hydrogens is 412 g/mol. The van der Waals surface area contributed by atoms with Crippen molar-refractivity contribution in [3.8, 4) is 0 Å². The van der Waals surface area contributed by atoms with Gasteiger partial charge in [-0.1, -0.05) is 78.0 Å². The Morgan fingerprint density at radius 2 is 1.52 bits per heavy atom. The number of benzene rings is 3. The van der Waals surface area contributed by atoms with Crippen molar-refractivity contribution in [3.05, 3.63) is 102 Å². The van der Waals surface area contributed by atoms with Gasteiger partial charge in [-0.25, -0.2) is 0 Å². The molecule has 1 N–H and O–H groups in total. The zero-order valence-corrected chi connectivity index (χ0v) is 18.8. The Morgan fingerprint density at radius 3 is 2.15 bits per heavy atom. The third kappa shape index (κ3) is 6.45. The average Bonchev–Trinajstić information content (AvgIpc) is 2.87. The zero-order valence-electron chi connectivity index (χ0n) is 18.8. The maximum absolute atomic E-state index is 11.1. The van der Waals surface area contributed by atoms with E-state index in [4.69, 9.17) is 9.94 Å². The standard InChI is InChI=1S/C28H30N2O3/c31-28(32)16-15-27(29-33-21-22-7-3-1-4-8-22)25-11-13-26(14-12-25)30-19-17-24(18-20-30)23-9-5-2-6-10-23/h1-14,24H,15-21H2,(H,31,32)/b29-27+. The normalized spacial score (nSPS) is 14.8. The van der Waals surface area contributed by atoms with E-state index in [1.54, 1.807) is 0 Å². The van der Waals surface area contributed by atoms with Crippen molar-refractivity contribution < 1.29 is 14.7 Å². The average molecular weight is 443 g/mol. The predicted octanol–water partition coefficient (Wildman–Crippen LogP) is 5.86. The molecule has 1 saturated heterocycles. The highest BCUT2D eigenvalue weighted by Gasteiger charge is 2.20. The Labute approximate surface area is 195 Å². The van der Waals surface area contributed by atoms with Gasteiger partial charge < -0.3 is 14.8 Å². The summed E-state index contributed by atoms with van der Waals surface area (Å²) in [4.78, 5) is 19.1. The van der Waals surface area contributed by atoms with Gasteiger partial charge in [0.2, 0.25) is 0 Å². The molecule has 1 aliphatic rings. The van der Waals surface area contributed by atoms with Crippen LogP contribution in [0.4, 0.5) is 5.69 Å². The first-order valence-corrected chi connectivity index (χ1v) is 11.5. The summed E-state index contributed by atoms with van der Waals surface area (Å²) in [6.07, 6.45) is 2.63. The fourth-order valence-electron chi connectivity index (χ4n) is 4.29. The molecular formula is C28H30N2O3. The van der Waals surface area contributed by atoms with Crippen LogP contribution in [0.5, 0.6) is 0 Å². The van der Waals surface area contributed by atoms with Gasteiger partial charge in [-0.3, -0.25) is 4.79 Å². The molecule has 170 valence electrons. The van der Waals surface area contributed by atoms with E-state index in [1.165, 1.54) is 11.3 Å². The third-order valence-electron chi connectivity index (χ3n) is 6.16. The number of hydrogen-bond donors (Lipinski definition) is 1. The minimum absolute atomic E-state index is 0.0162. The fraction of sp³-hybridized carbons (Fsp3) is 0.286. The van der Waals surface area contributed by atoms with Crippen LogP contribution in [0.1, 0.15) is 48.3 Å². The van der Waals surface area contributed by atoms with E-state index in [2.05, 4.69) is 52.5 Å². The van der Waals surface area contributed by atoms with Crippen molar-refractivity contribution in [1.82, 2.24) is 0 Å². The van der Waals surface area contributed by atoms with Crippen LogP contribution >= 0.6 is 0 Å². The second-order valence-electron chi connectivity index (χ2n) is 8.41. The second kappa shape index (κ2) is 11.3. The molecule has 5 heteroatoms. The van der Waals surface area contributed by atoms with Crippen LogP contribution in [0.25, 0.3) is 0 Å². The summed E-state index contributed by atoms with van der Waals surface area (Å²) in [6.45, 7) is 2.41. The fourth-order valence-corrected chi connectivity index (χ4v) is 4.29. The number of anilines is 1. The molecule has 0 bridgehead atoms. The monoisotopic (exact) mass is 442 g/mol. The van der Waals surface area contributed by atoms with Crippen LogP contribution < -0.4 is 4.90 Å². The highest BCUT2D eigenvalue weighted by atomic mass is 16.6. The Morgan fingerprint density at radius 1 is 0.879 bits per heavy atom. The van der Waals surface area contributed by atoms with Gasteiger partial charge in [0.1, 0.15) is 6.61 Å². The summed E-state index contributed by atoms with van der Waals surface area (Å²) in [5.41, 5.74) is 5.19. The lowest BCUT2D eigenvalue weighted by molar-refractivity contribution is -0.136. The number of hydrogen-bond acceptors (Lipinski definition) is 4. The molecule has 3 aromatic rings. The highest BCUT2D eigenvalue weighted by molar-refractivity contribution is 6.01. The molecule has 1 fully saturated rings. The van der Waals surface area contributed by atoms with Crippen molar-refractivity contribution >= 4 is 17.4 Å². The third-order valence-corrected chi connectivity index (χ3v) is 6.16.